The predicted octanol–water partition coefficient (Wildman–Crippen LogP) is 2.26. The van der Waals surface area contributed by atoms with Gasteiger partial charge in [-0.25, -0.2) is 0 Å². The number of amides is 1. The fourth-order valence-corrected chi connectivity index (χ4v) is 3.18. The van der Waals surface area contributed by atoms with E-state index in [4.69, 9.17) is 5.26 Å². The van der Waals surface area contributed by atoms with Crippen LogP contribution in [0.2, 0.25) is 0 Å². The topological polar surface area (TPSA) is 57.3 Å². The summed E-state index contributed by atoms with van der Waals surface area (Å²) < 4.78 is 0. The van der Waals surface area contributed by atoms with Gasteiger partial charge in [0.15, 0.2) is 6.04 Å². The Morgan fingerprint density at radius 2 is 1.88 bits per heavy atom. The minimum absolute atomic E-state index is 0.0470. The fourth-order valence-electron chi connectivity index (χ4n) is 3.18. The summed E-state index contributed by atoms with van der Waals surface area (Å²) in [6.45, 7) is 3.70. The number of carbonyl (C=O) groups excluding carboxylic acids is 1. The van der Waals surface area contributed by atoms with Gasteiger partial charge >= 0.3 is 0 Å². The van der Waals surface area contributed by atoms with Crippen LogP contribution in [0.3, 0.4) is 0 Å². The van der Waals surface area contributed by atoms with E-state index < -0.39 is 0 Å². The molecule has 3 rings (SSSR count). The Labute approximate surface area is 148 Å². The van der Waals surface area contributed by atoms with E-state index in [0.717, 1.165) is 19.5 Å². The highest BCUT2D eigenvalue weighted by Crippen LogP contribution is 2.18. The van der Waals surface area contributed by atoms with Crippen LogP contribution >= 0.6 is 0 Å². The number of hydrogen-bond donors (Lipinski definition) is 2. The molecule has 0 saturated heterocycles. The zero-order chi connectivity index (χ0) is 17.6. The zero-order valence-corrected chi connectivity index (χ0v) is 14.3. The Morgan fingerprint density at radius 1 is 1.16 bits per heavy atom. The van der Waals surface area contributed by atoms with Gasteiger partial charge in [-0.15, -0.1) is 0 Å². The summed E-state index contributed by atoms with van der Waals surface area (Å²) in [7, 11) is 0. The molecule has 0 aromatic heterocycles. The number of rotatable bonds is 4. The van der Waals surface area contributed by atoms with Crippen LogP contribution in [0, 0.1) is 11.3 Å². The van der Waals surface area contributed by atoms with Crippen LogP contribution in [-0.4, -0.2) is 25.0 Å². The highest BCUT2D eigenvalue weighted by molar-refractivity contribution is 5.94. The van der Waals surface area contributed by atoms with Gasteiger partial charge < -0.3 is 10.2 Å². The third-order valence-corrected chi connectivity index (χ3v) is 4.78. The Hall–Kier alpha value is -2.90. The van der Waals surface area contributed by atoms with Crippen LogP contribution < -0.4 is 10.2 Å². The second kappa shape index (κ2) is 7.78. The Bertz CT molecular complexity index is 821. The molecule has 1 aliphatic heterocycles. The predicted molar refractivity (Wildman–Crippen MR) is 99.0 cm³/mol. The molecule has 0 radical (unpaired) electrons. The van der Waals surface area contributed by atoms with Gasteiger partial charge in [-0.3, -0.25) is 4.79 Å². The number of nitriles is 1. The number of quaternary nitrogens is 1. The minimum Gasteiger partial charge on any atom is -0.321 e. The molecule has 4 heteroatoms. The van der Waals surface area contributed by atoms with E-state index in [-0.39, 0.29) is 11.9 Å². The van der Waals surface area contributed by atoms with Crippen molar-refractivity contribution >= 4 is 17.2 Å². The molecule has 25 heavy (non-hydrogen) atoms. The highest BCUT2D eigenvalue weighted by Gasteiger charge is 2.27. The Balaban J connectivity index is 1.64. The van der Waals surface area contributed by atoms with Crippen molar-refractivity contribution in [3.05, 3.63) is 71.8 Å². The minimum atomic E-state index is -0.166. The average Bonchev–Trinajstić information content (AvgIpc) is 2.68. The summed E-state index contributed by atoms with van der Waals surface area (Å²) in [6, 6.07) is 19.4. The molecule has 126 valence electrons. The number of para-hydroxylation sites is 1. The van der Waals surface area contributed by atoms with Gasteiger partial charge in [-0.1, -0.05) is 42.5 Å². The van der Waals surface area contributed by atoms with E-state index in [2.05, 4.69) is 41.7 Å². The largest absolute Gasteiger partial charge is 0.321 e. The van der Waals surface area contributed by atoms with Gasteiger partial charge in [0.25, 0.3) is 5.91 Å². The molecule has 0 fully saturated rings. The van der Waals surface area contributed by atoms with Crippen molar-refractivity contribution in [3.8, 4) is 6.07 Å². The number of hydrogen-bond acceptors (Lipinski definition) is 2. The molecule has 0 spiro atoms. The van der Waals surface area contributed by atoms with Crippen LogP contribution in [0.1, 0.15) is 24.5 Å². The molecule has 4 nitrogen and oxygen atoms in total. The van der Waals surface area contributed by atoms with E-state index in [1.165, 1.54) is 16.0 Å². The first kappa shape index (κ1) is 16.9. The maximum atomic E-state index is 12.6. The average molecular weight is 332 g/mol. The monoisotopic (exact) mass is 332 g/mol. The number of nitrogens with one attached hydrogen (secondary N) is 2. The van der Waals surface area contributed by atoms with Gasteiger partial charge in [0, 0.05) is 6.42 Å². The maximum absolute atomic E-state index is 12.6. The molecule has 0 saturated carbocycles. The molecule has 1 heterocycles. The molecular weight excluding hydrogens is 310 g/mol. The van der Waals surface area contributed by atoms with Gasteiger partial charge in [-0.2, -0.15) is 5.26 Å². The van der Waals surface area contributed by atoms with Crippen molar-refractivity contribution in [3.63, 3.8) is 0 Å². The van der Waals surface area contributed by atoms with Crippen LogP contribution in [0.5, 0.6) is 0 Å². The molecule has 1 amide bonds. The van der Waals surface area contributed by atoms with Crippen molar-refractivity contribution < 1.29 is 9.69 Å². The lowest BCUT2D eigenvalue weighted by Crippen LogP contribution is -3.17. The molecule has 0 aliphatic carbocycles. The Morgan fingerprint density at radius 3 is 2.56 bits per heavy atom. The standard InChI is InChI=1S/C21H21N3O/c1-16(21(25)23-20-10-6-5-9-19(20)15-22)24-13-11-18(12-14-24)17-7-3-2-4-8-17/h2-11,16H,12-14H2,1H3,(H,23,25)/p+1/t16-/m1/s1. The second-order valence-electron chi connectivity index (χ2n) is 6.33. The lowest BCUT2D eigenvalue weighted by atomic mass is 9.99. The van der Waals surface area contributed by atoms with Gasteiger partial charge in [0.05, 0.1) is 24.3 Å². The summed E-state index contributed by atoms with van der Waals surface area (Å²) >= 11 is 0. The number of nitrogens with zero attached hydrogens (tertiary/aromatic N) is 1. The van der Waals surface area contributed by atoms with Gasteiger partial charge in [0.2, 0.25) is 0 Å². The van der Waals surface area contributed by atoms with Crippen LogP contribution in [0.15, 0.2) is 60.7 Å². The van der Waals surface area contributed by atoms with Gasteiger partial charge in [0.1, 0.15) is 6.07 Å². The van der Waals surface area contributed by atoms with Crippen LogP contribution in [-0.2, 0) is 4.79 Å². The van der Waals surface area contributed by atoms with Crippen LogP contribution in [0.4, 0.5) is 5.69 Å². The molecule has 0 bridgehead atoms. The van der Waals surface area contributed by atoms with E-state index in [1.54, 1.807) is 18.2 Å². The van der Waals surface area contributed by atoms with Crippen molar-refractivity contribution in [2.45, 2.75) is 19.4 Å². The Kier molecular flexibility index (Phi) is 5.27. The fraction of sp³-hybridized carbons (Fsp3) is 0.238. The molecular formula is C21H22N3O+. The van der Waals surface area contributed by atoms with E-state index in [0.29, 0.717) is 11.3 Å². The molecule has 2 atom stereocenters. The molecule has 2 N–H and O–H groups in total. The van der Waals surface area contributed by atoms with Crippen molar-refractivity contribution in [1.82, 2.24) is 0 Å². The summed E-state index contributed by atoms with van der Waals surface area (Å²) in [4.78, 5) is 13.8. The normalized spacial score (nSPS) is 17.9. The van der Waals surface area contributed by atoms with Crippen molar-refractivity contribution in [2.24, 2.45) is 0 Å². The second-order valence-corrected chi connectivity index (χ2v) is 6.33. The van der Waals surface area contributed by atoms with Gasteiger partial charge in [-0.05, 0) is 36.3 Å². The first-order chi connectivity index (χ1) is 12.2. The third kappa shape index (κ3) is 3.96. The smallest absolute Gasteiger partial charge is 0.282 e. The maximum Gasteiger partial charge on any atom is 0.282 e. The number of anilines is 1. The van der Waals surface area contributed by atoms with Crippen molar-refractivity contribution in [2.75, 3.05) is 18.4 Å². The first-order valence-corrected chi connectivity index (χ1v) is 8.58. The van der Waals surface area contributed by atoms with Crippen molar-refractivity contribution in [1.29, 1.82) is 5.26 Å². The molecule has 1 unspecified atom stereocenters. The summed E-state index contributed by atoms with van der Waals surface area (Å²) in [6.07, 6.45) is 3.20. The third-order valence-electron chi connectivity index (χ3n) is 4.78. The molecule has 2 aromatic carbocycles. The first-order valence-electron chi connectivity index (χ1n) is 8.58. The lowest BCUT2D eigenvalue weighted by Gasteiger charge is -2.28. The molecule has 1 aliphatic rings. The summed E-state index contributed by atoms with van der Waals surface area (Å²) in [5.74, 6) is -0.0470. The van der Waals surface area contributed by atoms with Crippen LogP contribution in [0.25, 0.3) is 5.57 Å². The zero-order valence-electron chi connectivity index (χ0n) is 14.3. The number of carbonyl (C=O) groups is 1. The van der Waals surface area contributed by atoms with E-state index >= 15 is 0 Å². The quantitative estimate of drug-likeness (QED) is 0.902. The summed E-state index contributed by atoms with van der Waals surface area (Å²) in [5, 5.41) is 12.0. The van der Waals surface area contributed by atoms with E-state index in [1.807, 2.05) is 19.1 Å². The highest BCUT2D eigenvalue weighted by atomic mass is 16.2. The van der Waals surface area contributed by atoms with E-state index in [9.17, 15) is 4.79 Å². The number of benzene rings is 2. The molecule has 2 aromatic rings. The lowest BCUT2D eigenvalue weighted by molar-refractivity contribution is -0.909. The SMILES string of the molecule is C[C@H](C(=O)Nc1ccccc1C#N)[NH+]1CC=C(c2ccccc2)CC1. The summed E-state index contributed by atoms with van der Waals surface area (Å²) in [5.41, 5.74) is 3.69.